The van der Waals surface area contributed by atoms with Crippen molar-refractivity contribution in [1.29, 1.82) is 0 Å². The lowest BCUT2D eigenvalue weighted by atomic mass is 9.93. The maximum Gasteiger partial charge on any atom is 0.123 e. The zero-order valence-electron chi connectivity index (χ0n) is 10.2. The summed E-state index contributed by atoms with van der Waals surface area (Å²) in [6.07, 6.45) is 4.17. The molecule has 3 fully saturated rings. The van der Waals surface area contributed by atoms with Crippen molar-refractivity contribution in [2.45, 2.75) is 25.3 Å². The average Bonchev–Trinajstić information content (AvgIpc) is 2.79. The first-order valence-corrected chi connectivity index (χ1v) is 7.25. The van der Waals surface area contributed by atoms with Gasteiger partial charge in [0.2, 0.25) is 0 Å². The monoisotopic (exact) mass is 265 g/mol. The van der Waals surface area contributed by atoms with Crippen LogP contribution in [-0.2, 0) is 0 Å². The minimum absolute atomic E-state index is 0.0772. The first kappa shape index (κ1) is 11.2. The van der Waals surface area contributed by atoms with Crippen LogP contribution in [0.4, 0.5) is 4.39 Å². The summed E-state index contributed by atoms with van der Waals surface area (Å²) < 4.78 is 13.3. The molecule has 0 heterocycles. The average molecular weight is 266 g/mol. The largest absolute Gasteiger partial charge is 0.324 e. The minimum atomic E-state index is -0.237. The molecule has 18 heavy (non-hydrogen) atoms. The number of hydrogen-bond donors (Lipinski definition) is 1. The van der Waals surface area contributed by atoms with E-state index >= 15 is 0 Å². The number of benzene rings is 1. The maximum absolute atomic E-state index is 13.3. The molecule has 3 aliphatic carbocycles. The van der Waals surface area contributed by atoms with Crippen LogP contribution >= 0.6 is 11.6 Å². The minimum Gasteiger partial charge on any atom is -0.324 e. The smallest absolute Gasteiger partial charge is 0.123 e. The van der Waals surface area contributed by atoms with Crippen LogP contribution < -0.4 is 5.73 Å². The van der Waals surface area contributed by atoms with Crippen molar-refractivity contribution >= 4 is 11.6 Å². The van der Waals surface area contributed by atoms with Crippen molar-refractivity contribution in [2.24, 2.45) is 35.3 Å². The Morgan fingerprint density at radius 3 is 2.56 bits per heavy atom. The molecule has 1 nitrogen and oxygen atoms in total. The van der Waals surface area contributed by atoms with Gasteiger partial charge in [-0.05, 0) is 72.6 Å². The van der Waals surface area contributed by atoms with Gasteiger partial charge in [0.25, 0.3) is 0 Å². The van der Waals surface area contributed by atoms with Crippen LogP contribution in [0.25, 0.3) is 0 Å². The van der Waals surface area contributed by atoms with Gasteiger partial charge >= 0.3 is 0 Å². The summed E-state index contributed by atoms with van der Waals surface area (Å²) in [7, 11) is 0. The van der Waals surface area contributed by atoms with Crippen molar-refractivity contribution in [3.8, 4) is 0 Å². The number of halogens is 2. The summed E-state index contributed by atoms with van der Waals surface area (Å²) in [5.41, 5.74) is 7.16. The van der Waals surface area contributed by atoms with E-state index < -0.39 is 0 Å². The molecule has 3 aliphatic rings. The zero-order chi connectivity index (χ0) is 12.4. The Balaban J connectivity index is 1.61. The quantitative estimate of drug-likeness (QED) is 0.865. The highest BCUT2D eigenvalue weighted by molar-refractivity contribution is 6.31. The Hall–Kier alpha value is -0.600. The van der Waals surface area contributed by atoms with Gasteiger partial charge in [0.05, 0.1) is 0 Å². The molecule has 2 bridgehead atoms. The van der Waals surface area contributed by atoms with Gasteiger partial charge in [-0.25, -0.2) is 4.39 Å². The van der Waals surface area contributed by atoms with E-state index in [0.29, 0.717) is 10.9 Å². The van der Waals surface area contributed by atoms with Crippen LogP contribution in [0.1, 0.15) is 30.9 Å². The van der Waals surface area contributed by atoms with Gasteiger partial charge in [0, 0.05) is 11.1 Å². The highest BCUT2D eigenvalue weighted by Crippen LogP contribution is 2.71. The third-order valence-electron chi connectivity index (χ3n) is 5.53. The predicted octanol–water partition coefficient (Wildman–Crippen LogP) is 3.77. The van der Waals surface area contributed by atoms with E-state index in [1.165, 1.54) is 31.4 Å². The van der Waals surface area contributed by atoms with Gasteiger partial charge in [-0.15, -0.1) is 0 Å². The summed E-state index contributed by atoms with van der Waals surface area (Å²) in [5.74, 6) is 3.71. The fourth-order valence-electron chi connectivity index (χ4n) is 4.85. The molecule has 2 N–H and O–H groups in total. The van der Waals surface area contributed by atoms with Gasteiger partial charge in [0.15, 0.2) is 0 Å². The Morgan fingerprint density at radius 2 is 1.89 bits per heavy atom. The SMILES string of the molecule is NC(c1cc(F)ccc1Cl)C1C2C3CCC(C3)C21. The first-order valence-electron chi connectivity index (χ1n) is 6.87. The Bertz CT molecular complexity index is 487. The van der Waals surface area contributed by atoms with Crippen molar-refractivity contribution in [3.05, 3.63) is 34.6 Å². The van der Waals surface area contributed by atoms with Gasteiger partial charge in [-0.1, -0.05) is 11.6 Å². The van der Waals surface area contributed by atoms with Crippen LogP contribution in [0.2, 0.25) is 5.02 Å². The first-order chi connectivity index (χ1) is 8.66. The summed E-state index contributed by atoms with van der Waals surface area (Å²) in [6.45, 7) is 0. The molecule has 3 heteroatoms. The van der Waals surface area contributed by atoms with E-state index in [0.717, 1.165) is 29.2 Å². The molecule has 5 atom stereocenters. The Labute approximate surface area is 112 Å². The molecule has 1 aromatic carbocycles. The molecular formula is C15H17ClFN. The van der Waals surface area contributed by atoms with E-state index in [-0.39, 0.29) is 11.9 Å². The molecule has 0 saturated heterocycles. The van der Waals surface area contributed by atoms with Crippen molar-refractivity contribution in [3.63, 3.8) is 0 Å². The van der Waals surface area contributed by atoms with Gasteiger partial charge in [-0.2, -0.15) is 0 Å². The number of nitrogens with two attached hydrogens (primary N) is 1. The van der Waals surface area contributed by atoms with Crippen LogP contribution in [0.15, 0.2) is 18.2 Å². The molecule has 0 radical (unpaired) electrons. The highest BCUT2D eigenvalue weighted by Gasteiger charge is 2.66. The molecule has 96 valence electrons. The summed E-state index contributed by atoms with van der Waals surface area (Å²) in [6, 6.07) is 4.46. The molecule has 0 aromatic heterocycles. The molecule has 3 saturated carbocycles. The van der Waals surface area contributed by atoms with E-state index in [9.17, 15) is 4.39 Å². The molecular weight excluding hydrogens is 249 g/mol. The summed E-state index contributed by atoms with van der Waals surface area (Å²) in [4.78, 5) is 0. The fourth-order valence-corrected chi connectivity index (χ4v) is 5.09. The molecule has 0 aliphatic heterocycles. The molecule has 1 aromatic rings. The second kappa shape index (κ2) is 3.71. The van der Waals surface area contributed by atoms with Gasteiger partial charge in [-0.3, -0.25) is 0 Å². The zero-order valence-corrected chi connectivity index (χ0v) is 10.9. The molecule has 5 unspecified atom stereocenters. The van der Waals surface area contributed by atoms with Crippen molar-refractivity contribution in [2.75, 3.05) is 0 Å². The number of hydrogen-bond acceptors (Lipinski definition) is 1. The fraction of sp³-hybridized carbons (Fsp3) is 0.600. The number of fused-ring (bicyclic) bond motifs is 5. The summed E-state index contributed by atoms with van der Waals surface area (Å²) >= 11 is 6.16. The van der Waals surface area contributed by atoms with Crippen LogP contribution in [-0.4, -0.2) is 0 Å². The predicted molar refractivity (Wildman–Crippen MR) is 69.6 cm³/mol. The van der Waals surface area contributed by atoms with Crippen LogP contribution in [0.3, 0.4) is 0 Å². The van der Waals surface area contributed by atoms with E-state index in [4.69, 9.17) is 17.3 Å². The van der Waals surface area contributed by atoms with E-state index in [1.54, 1.807) is 6.07 Å². The lowest BCUT2D eigenvalue weighted by Gasteiger charge is -2.17. The van der Waals surface area contributed by atoms with Crippen LogP contribution in [0, 0.1) is 35.4 Å². The van der Waals surface area contributed by atoms with Gasteiger partial charge < -0.3 is 5.73 Å². The maximum atomic E-state index is 13.3. The topological polar surface area (TPSA) is 26.0 Å². The Kier molecular flexibility index (Phi) is 2.31. The standard InChI is InChI=1S/C15H17ClFN/c16-11-4-3-9(17)6-10(11)15(18)14-12-7-1-2-8(5-7)13(12)14/h3-4,6-8,12-15H,1-2,5,18H2. The normalized spacial score (nSPS) is 41.8. The van der Waals surface area contributed by atoms with Crippen molar-refractivity contribution < 1.29 is 4.39 Å². The third kappa shape index (κ3) is 1.42. The van der Waals surface area contributed by atoms with E-state index in [1.807, 2.05) is 0 Å². The third-order valence-corrected chi connectivity index (χ3v) is 5.87. The van der Waals surface area contributed by atoms with Gasteiger partial charge in [0.1, 0.15) is 5.82 Å². The Morgan fingerprint density at radius 1 is 1.22 bits per heavy atom. The molecule has 4 rings (SSSR count). The van der Waals surface area contributed by atoms with Crippen molar-refractivity contribution in [1.82, 2.24) is 0 Å². The number of rotatable bonds is 2. The second-order valence-electron chi connectivity index (χ2n) is 6.26. The van der Waals surface area contributed by atoms with E-state index in [2.05, 4.69) is 0 Å². The second-order valence-corrected chi connectivity index (χ2v) is 6.66. The highest BCUT2D eigenvalue weighted by atomic mass is 35.5. The molecule has 0 amide bonds. The lowest BCUT2D eigenvalue weighted by Crippen LogP contribution is -2.18. The van der Waals surface area contributed by atoms with Crippen LogP contribution in [0.5, 0.6) is 0 Å². The molecule has 0 spiro atoms. The summed E-state index contributed by atoms with van der Waals surface area (Å²) in [5, 5.41) is 0.612. The lowest BCUT2D eigenvalue weighted by molar-refractivity contribution is 0.417.